The molecule has 1 heterocycles. The number of amides is 1. The topological polar surface area (TPSA) is 80.6 Å². The molecule has 0 fully saturated rings. The first kappa shape index (κ1) is 21.6. The third-order valence-electron chi connectivity index (χ3n) is 4.64. The summed E-state index contributed by atoms with van der Waals surface area (Å²) in [5.74, 6) is 0.300. The van der Waals surface area contributed by atoms with Crippen molar-refractivity contribution in [1.29, 1.82) is 0 Å². The number of ether oxygens (including phenoxy) is 1. The van der Waals surface area contributed by atoms with Crippen LogP contribution in [0, 0.1) is 5.41 Å². The zero-order chi connectivity index (χ0) is 21.7. The van der Waals surface area contributed by atoms with Crippen LogP contribution in [0.15, 0.2) is 57.7 Å². The molecule has 2 aromatic carbocycles. The third kappa shape index (κ3) is 4.89. The molecule has 158 valence electrons. The van der Waals surface area contributed by atoms with Gasteiger partial charge in [-0.15, -0.1) is 0 Å². The molecule has 0 saturated carbocycles. The van der Waals surface area contributed by atoms with Crippen LogP contribution in [0.4, 0.5) is 11.4 Å². The zero-order valence-corrected chi connectivity index (χ0v) is 17.9. The Bertz CT molecular complexity index is 1100. The molecule has 0 aliphatic rings. The molecule has 0 unspecified atom stereocenters. The number of nitrogens with one attached hydrogen (secondary N) is 2. The van der Waals surface area contributed by atoms with Crippen molar-refractivity contribution in [2.45, 2.75) is 27.7 Å². The van der Waals surface area contributed by atoms with Crippen LogP contribution >= 0.6 is 0 Å². The summed E-state index contributed by atoms with van der Waals surface area (Å²) in [5, 5.41) is 6.54. The Labute approximate surface area is 176 Å². The Kier molecular flexibility index (Phi) is 6.57. The highest BCUT2D eigenvalue weighted by Crippen LogP contribution is 2.31. The molecular weight excluding hydrogens is 380 g/mol. The molecule has 0 bridgehead atoms. The predicted octanol–water partition coefficient (Wildman–Crippen LogP) is 4.89. The largest absolute Gasteiger partial charge is 0.456 e. The van der Waals surface area contributed by atoms with Crippen molar-refractivity contribution in [3.05, 3.63) is 58.8 Å². The van der Waals surface area contributed by atoms with Gasteiger partial charge in [0.05, 0.1) is 17.7 Å². The maximum atomic E-state index is 13.0. The number of para-hydroxylation sites is 1. The van der Waals surface area contributed by atoms with Crippen LogP contribution in [-0.2, 0) is 9.53 Å². The predicted molar refractivity (Wildman–Crippen MR) is 121 cm³/mol. The molecule has 3 aromatic rings. The molecule has 6 nitrogen and oxygen atoms in total. The molecule has 0 radical (unpaired) electrons. The summed E-state index contributed by atoms with van der Waals surface area (Å²) in [7, 11) is 0. The zero-order valence-electron chi connectivity index (χ0n) is 17.9. The van der Waals surface area contributed by atoms with Crippen molar-refractivity contribution < 1.29 is 13.9 Å². The van der Waals surface area contributed by atoms with Crippen LogP contribution in [-0.4, -0.2) is 25.7 Å². The van der Waals surface area contributed by atoms with E-state index in [4.69, 9.17) is 9.15 Å². The van der Waals surface area contributed by atoms with Gasteiger partial charge in [-0.2, -0.15) is 0 Å². The average Bonchev–Trinajstić information content (AvgIpc) is 2.70. The highest BCUT2D eigenvalue weighted by atomic mass is 16.5. The van der Waals surface area contributed by atoms with Crippen LogP contribution in [0.3, 0.4) is 0 Å². The lowest BCUT2D eigenvalue weighted by Gasteiger charge is -2.18. The summed E-state index contributed by atoms with van der Waals surface area (Å²) >= 11 is 0. The molecule has 0 atom stereocenters. The van der Waals surface area contributed by atoms with Crippen molar-refractivity contribution in [2.75, 3.05) is 30.4 Å². The molecule has 0 saturated heterocycles. The molecule has 1 amide bonds. The summed E-state index contributed by atoms with van der Waals surface area (Å²) in [6.45, 7) is 9.32. The van der Waals surface area contributed by atoms with Crippen molar-refractivity contribution >= 4 is 28.3 Å². The number of hydrogen-bond donors (Lipinski definition) is 2. The van der Waals surface area contributed by atoms with Gasteiger partial charge in [0.15, 0.2) is 5.43 Å². The van der Waals surface area contributed by atoms with Crippen molar-refractivity contribution in [1.82, 2.24) is 0 Å². The highest BCUT2D eigenvalue weighted by molar-refractivity contribution is 6.02. The standard InChI is InChI=1S/C24H28N2O4/c1-5-29-14-13-25-17-10-7-6-9-16(17)21-15-19(27)22-18(11-8-12-20(22)30-21)26-23(28)24(2,3)4/h6-12,15,25H,5,13-14H2,1-4H3,(H,26,28). The van der Waals surface area contributed by atoms with Crippen LogP contribution in [0.25, 0.3) is 22.3 Å². The van der Waals surface area contributed by atoms with Gasteiger partial charge in [0.25, 0.3) is 0 Å². The highest BCUT2D eigenvalue weighted by Gasteiger charge is 2.22. The Balaban J connectivity index is 1.99. The second-order valence-corrected chi connectivity index (χ2v) is 8.03. The number of fused-ring (bicyclic) bond motifs is 1. The lowest BCUT2D eigenvalue weighted by Crippen LogP contribution is -2.28. The lowest BCUT2D eigenvalue weighted by atomic mass is 9.95. The molecule has 0 spiro atoms. The molecule has 1 aromatic heterocycles. The summed E-state index contributed by atoms with van der Waals surface area (Å²) in [6.07, 6.45) is 0. The van der Waals surface area contributed by atoms with E-state index in [9.17, 15) is 9.59 Å². The minimum Gasteiger partial charge on any atom is -0.456 e. The Morgan fingerprint density at radius 1 is 1.07 bits per heavy atom. The van der Waals surface area contributed by atoms with Crippen molar-refractivity contribution in [3.8, 4) is 11.3 Å². The SMILES string of the molecule is CCOCCNc1ccccc1-c1cc(=O)c2c(NC(=O)C(C)(C)C)cccc2o1. The Hall–Kier alpha value is -3.12. The summed E-state index contributed by atoms with van der Waals surface area (Å²) < 4.78 is 11.5. The molecule has 0 aliphatic heterocycles. The quantitative estimate of drug-likeness (QED) is 0.544. The summed E-state index contributed by atoms with van der Waals surface area (Å²) in [6, 6.07) is 14.3. The maximum absolute atomic E-state index is 13.0. The van der Waals surface area contributed by atoms with Gasteiger partial charge in [-0.3, -0.25) is 9.59 Å². The summed E-state index contributed by atoms with van der Waals surface area (Å²) in [4.78, 5) is 25.4. The fourth-order valence-electron chi connectivity index (χ4n) is 3.01. The van der Waals surface area contributed by atoms with Gasteiger partial charge >= 0.3 is 0 Å². The van der Waals surface area contributed by atoms with Gasteiger partial charge in [-0.1, -0.05) is 39.0 Å². The first-order valence-corrected chi connectivity index (χ1v) is 10.1. The first-order valence-electron chi connectivity index (χ1n) is 10.1. The second-order valence-electron chi connectivity index (χ2n) is 8.03. The lowest BCUT2D eigenvalue weighted by molar-refractivity contribution is -0.123. The van der Waals surface area contributed by atoms with Gasteiger partial charge in [0.2, 0.25) is 5.91 Å². The molecule has 3 rings (SSSR count). The number of hydrogen-bond acceptors (Lipinski definition) is 5. The van der Waals surface area contributed by atoms with E-state index in [2.05, 4.69) is 10.6 Å². The Morgan fingerprint density at radius 3 is 2.53 bits per heavy atom. The van der Waals surface area contributed by atoms with Gasteiger partial charge in [-0.25, -0.2) is 0 Å². The van der Waals surface area contributed by atoms with E-state index in [1.807, 2.05) is 52.0 Å². The van der Waals surface area contributed by atoms with Crippen LogP contribution in [0.2, 0.25) is 0 Å². The Morgan fingerprint density at radius 2 is 1.80 bits per heavy atom. The van der Waals surface area contributed by atoms with E-state index in [0.717, 1.165) is 11.3 Å². The van der Waals surface area contributed by atoms with E-state index in [0.29, 0.717) is 42.2 Å². The van der Waals surface area contributed by atoms with Gasteiger partial charge < -0.3 is 19.8 Å². The fraction of sp³-hybridized carbons (Fsp3) is 0.333. The fourth-order valence-corrected chi connectivity index (χ4v) is 3.01. The molecule has 6 heteroatoms. The second kappa shape index (κ2) is 9.13. The number of rotatable bonds is 7. The monoisotopic (exact) mass is 408 g/mol. The van der Waals surface area contributed by atoms with Gasteiger partial charge in [-0.05, 0) is 31.2 Å². The van der Waals surface area contributed by atoms with E-state index >= 15 is 0 Å². The minimum atomic E-state index is -0.575. The molecule has 0 aliphatic carbocycles. The van der Waals surface area contributed by atoms with Gasteiger partial charge in [0, 0.05) is 35.9 Å². The molecule has 30 heavy (non-hydrogen) atoms. The van der Waals surface area contributed by atoms with Crippen LogP contribution < -0.4 is 16.1 Å². The number of anilines is 2. The van der Waals surface area contributed by atoms with Crippen molar-refractivity contribution in [2.24, 2.45) is 5.41 Å². The van der Waals surface area contributed by atoms with E-state index in [1.165, 1.54) is 6.07 Å². The molecular formula is C24H28N2O4. The van der Waals surface area contributed by atoms with Crippen LogP contribution in [0.5, 0.6) is 0 Å². The summed E-state index contributed by atoms with van der Waals surface area (Å²) in [5.41, 5.74) is 1.74. The third-order valence-corrected chi connectivity index (χ3v) is 4.64. The number of carbonyl (C=O) groups is 1. The van der Waals surface area contributed by atoms with Gasteiger partial charge in [0.1, 0.15) is 11.3 Å². The van der Waals surface area contributed by atoms with Crippen molar-refractivity contribution in [3.63, 3.8) is 0 Å². The number of carbonyl (C=O) groups excluding carboxylic acids is 1. The van der Waals surface area contributed by atoms with E-state index in [-0.39, 0.29) is 11.3 Å². The molecule has 2 N–H and O–H groups in total. The minimum absolute atomic E-state index is 0.165. The first-order chi connectivity index (χ1) is 14.3. The number of benzene rings is 2. The maximum Gasteiger partial charge on any atom is 0.229 e. The van der Waals surface area contributed by atoms with Crippen LogP contribution in [0.1, 0.15) is 27.7 Å². The normalized spacial score (nSPS) is 11.5. The van der Waals surface area contributed by atoms with E-state index < -0.39 is 5.41 Å². The van der Waals surface area contributed by atoms with E-state index in [1.54, 1.807) is 18.2 Å². The average molecular weight is 408 g/mol. The smallest absolute Gasteiger partial charge is 0.229 e.